The van der Waals surface area contributed by atoms with Gasteiger partial charge in [-0.15, -0.1) is 0 Å². The van der Waals surface area contributed by atoms with Crippen LogP contribution in [0.15, 0.2) is 30.3 Å². The average Bonchev–Trinajstić information content (AvgIpc) is 2.54. The Morgan fingerprint density at radius 3 is 2.62 bits per heavy atom. The molecular formula is C16H22BrNO3. The summed E-state index contributed by atoms with van der Waals surface area (Å²) in [5.74, 6) is 0.558. The van der Waals surface area contributed by atoms with Gasteiger partial charge in [0.2, 0.25) is 0 Å². The quantitative estimate of drug-likeness (QED) is 0.579. The highest BCUT2D eigenvalue weighted by atomic mass is 79.9. The van der Waals surface area contributed by atoms with Crippen molar-refractivity contribution in [2.24, 2.45) is 5.92 Å². The second kappa shape index (κ2) is 9.05. The molecule has 1 saturated heterocycles. The largest absolute Gasteiger partial charge is 0.445 e. The Morgan fingerprint density at radius 1 is 1.24 bits per heavy atom. The third-order valence-corrected chi connectivity index (χ3v) is 3.98. The molecule has 0 bridgehead atoms. The fourth-order valence-corrected chi connectivity index (χ4v) is 2.63. The van der Waals surface area contributed by atoms with Crippen molar-refractivity contribution in [1.29, 1.82) is 0 Å². The topological polar surface area (TPSA) is 38.8 Å². The van der Waals surface area contributed by atoms with Crippen LogP contribution in [0.25, 0.3) is 0 Å². The maximum atomic E-state index is 12.0. The highest BCUT2D eigenvalue weighted by Gasteiger charge is 2.23. The summed E-state index contributed by atoms with van der Waals surface area (Å²) >= 11 is 3.35. The minimum Gasteiger partial charge on any atom is -0.445 e. The molecule has 21 heavy (non-hydrogen) atoms. The molecule has 2 rings (SSSR count). The molecule has 0 spiro atoms. The molecule has 1 fully saturated rings. The van der Waals surface area contributed by atoms with Crippen LogP contribution in [0, 0.1) is 5.92 Å². The summed E-state index contributed by atoms with van der Waals surface area (Å²) in [6.07, 6.45) is 1.77. The highest BCUT2D eigenvalue weighted by Crippen LogP contribution is 2.18. The molecule has 0 radical (unpaired) electrons. The van der Waals surface area contributed by atoms with Gasteiger partial charge in [0.15, 0.2) is 0 Å². The van der Waals surface area contributed by atoms with Crippen molar-refractivity contribution < 1.29 is 14.3 Å². The van der Waals surface area contributed by atoms with Gasteiger partial charge in [0.25, 0.3) is 0 Å². The summed E-state index contributed by atoms with van der Waals surface area (Å²) in [6, 6.07) is 9.76. The van der Waals surface area contributed by atoms with E-state index in [0.29, 0.717) is 12.5 Å². The zero-order valence-corrected chi connectivity index (χ0v) is 13.8. The third kappa shape index (κ3) is 5.67. The first-order chi connectivity index (χ1) is 10.3. The summed E-state index contributed by atoms with van der Waals surface area (Å²) in [5.41, 5.74) is 1.02. The van der Waals surface area contributed by atoms with Crippen molar-refractivity contribution in [3.8, 4) is 0 Å². The molecule has 4 nitrogen and oxygen atoms in total. The van der Waals surface area contributed by atoms with Gasteiger partial charge < -0.3 is 14.4 Å². The number of halogens is 1. The lowest BCUT2D eigenvalue weighted by atomic mass is 9.98. The van der Waals surface area contributed by atoms with Crippen molar-refractivity contribution in [2.45, 2.75) is 19.4 Å². The molecule has 0 aliphatic carbocycles. The summed E-state index contributed by atoms with van der Waals surface area (Å²) in [7, 11) is 0. The number of hydrogen-bond acceptors (Lipinski definition) is 3. The number of hydrogen-bond donors (Lipinski definition) is 0. The fraction of sp³-hybridized carbons (Fsp3) is 0.562. The van der Waals surface area contributed by atoms with Crippen molar-refractivity contribution in [2.75, 3.05) is 31.6 Å². The normalized spacial score (nSPS) is 16.0. The number of piperidine rings is 1. The van der Waals surface area contributed by atoms with E-state index in [9.17, 15) is 4.79 Å². The number of benzene rings is 1. The van der Waals surface area contributed by atoms with E-state index in [0.717, 1.165) is 50.0 Å². The first-order valence-electron chi connectivity index (χ1n) is 7.39. The van der Waals surface area contributed by atoms with Gasteiger partial charge in [-0.3, -0.25) is 0 Å². The number of carbonyl (C=O) groups excluding carboxylic acids is 1. The predicted molar refractivity (Wildman–Crippen MR) is 85.5 cm³/mol. The number of rotatable bonds is 6. The molecule has 0 N–H and O–H groups in total. The van der Waals surface area contributed by atoms with Crippen LogP contribution in [-0.2, 0) is 16.1 Å². The van der Waals surface area contributed by atoms with Gasteiger partial charge >= 0.3 is 6.09 Å². The van der Waals surface area contributed by atoms with Crippen LogP contribution in [0.4, 0.5) is 4.79 Å². The Hall–Kier alpha value is -1.07. The second-order valence-corrected chi connectivity index (χ2v) is 6.03. The van der Waals surface area contributed by atoms with Crippen LogP contribution >= 0.6 is 15.9 Å². The molecule has 1 aromatic carbocycles. The minimum atomic E-state index is -0.210. The first kappa shape index (κ1) is 16.3. The standard InChI is InChI=1S/C16H22BrNO3/c17-8-11-20-12-15-6-9-18(10-7-15)16(19)21-13-14-4-2-1-3-5-14/h1-5,15H,6-13H2. The lowest BCUT2D eigenvalue weighted by molar-refractivity contribution is 0.0574. The smallest absolute Gasteiger partial charge is 0.410 e. The Labute approximate surface area is 134 Å². The number of carbonyl (C=O) groups is 1. The third-order valence-electron chi connectivity index (χ3n) is 3.65. The molecule has 1 aliphatic heterocycles. The van der Waals surface area contributed by atoms with E-state index in [1.807, 2.05) is 30.3 Å². The van der Waals surface area contributed by atoms with Crippen molar-refractivity contribution in [1.82, 2.24) is 4.90 Å². The van der Waals surface area contributed by atoms with Gasteiger partial charge in [0, 0.05) is 25.0 Å². The van der Waals surface area contributed by atoms with Gasteiger partial charge in [-0.1, -0.05) is 46.3 Å². The molecular weight excluding hydrogens is 334 g/mol. The van der Waals surface area contributed by atoms with Crippen LogP contribution < -0.4 is 0 Å². The number of likely N-dealkylation sites (tertiary alicyclic amines) is 1. The molecule has 0 atom stereocenters. The molecule has 0 saturated carbocycles. The number of ether oxygens (including phenoxy) is 2. The Kier molecular flexibility index (Phi) is 7.03. The second-order valence-electron chi connectivity index (χ2n) is 5.23. The monoisotopic (exact) mass is 355 g/mol. The zero-order valence-electron chi connectivity index (χ0n) is 12.2. The van der Waals surface area contributed by atoms with Crippen LogP contribution in [0.1, 0.15) is 18.4 Å². The lowest BCUT2D eigenvalue weighted by Crippen LogP contribution is -2.39. The van der Waals surface area contributed by atoms with Crippen molar-refractivity contribution in [3.05, 3.63) is 35.9 Å². The van der Waals surface area contributed by atoms with Crippen molar-refractivity contribution >= 4 is 22.0 Å². The molecule has 0 unspecified atom stereocenters. The summed E-state index contributed by atoms with van der Waals surface area (Å²) in [6.45, 7) is 3.40. The van der Waals surface area contributed by atoms with Gasteiger partial charge in [-0.2, -0.15) is 0 Å². The SMILES string of the molecule is O=C(OCc1ccccc1)N1CCC(COCCBr)CC1. The van der Waals surface area contributed by atoms with E-state index in [1.54, 1.807) is 4.90 Å². The summed E-state index contributed by atoms with van der Waals surface area (Å²) < 4.78 is 10.9. The fourth-order valence-electron chi connectivity index (χ4n) is 2.40. The minimum absolute atomic E-state index is 0.210. The van der Waals surface area contributed by atoms with Crippen LogP contribution in [-0.4, -0.2) is 42.6 Å². The molecule has 1 heterocycles. The van der Waals surface area contributed by atoms with Gasteiger partial charge in [-0.05, 0) is 24.3 Å². The number of nitrogens with zero attached hydrogens (tertiary/aromatic N) is 1. The van der Waals surface area contributed by atoms with Gasteiger partial charge in [0.1, 0.15) is 6.61 Å². The van der Waals surface area contributed by atoms with Crippen LogP contribution in [0.5, 0.6) is 0 Å². The number of alkyl halides is 1. The summed E-state index contributed by atoms with van der Waals surface area (Å²) in [4.78, 5) is 13.8. The molecule has 1 aromatic rings. The van der Waals surface area contributed by atoms with E-state index in [4.69, 9.17) is 9.47 Å². The molecule has 1 amide bonds. The maximum absolute atomic E-state index is 12.0. The molecule has 1 aliphatic rings. The van der Waals surface area contributed by atoms with Gasteiger partial charge in [0.05, 0.1) is 6.61 Å². The highest BCUT2D eigenvalue weighted by molar-refractivity contribution is 9.09. The van der Waals surface area contributed by atoms with Crippen LogP contribution in [0.2, 0.25) is 0 Å². The van der Waals surface area contributed by atoms with Gasteiger partial charge in [-0.25, -0.2) is 4.79 Å². The molecule has 5 heteroatoms. The maximum Gasteiger partial charge on any atom is 0.410 e. The van der Waals surface area contributed by atoms with E-state index in [1.165, 1.54) is 0 Å². The van der Waals surface area contributed by atoms with E-state index in [2.05, 4.69) is 15.9 Å². The average molecular weight is 356 g/mol. The molecule has 116 valence electrons. The first-order valence-corrected chi connectivity index (χ1v) is 8.51. The zero-order chi connectivity index (χ0) is 14.9. The Morgan fingerprint density at radius 2 is 1.95 bits per heavy atom. The Balaban J connectivity index is 1.66. The summed E-state index contributed by atoms with van der Waals surface area (Å²) in [5, 5.41) is 0.873. The lowest BCUT2D eigenvalue weighted by Gasteiger charge is -2.31. The van der Waals surface area contributed by atoms with E-state index >= 15 is 0 Å². The Bertz CT molecular complexity index is 419. The van der Waals surface area contributed by atoms with E-state index < -0.39 is 0 Å². The van der Waals surface area contributed by atoms with E-state index in [-0.39, 0.29) is 6.09 Å². The number of amides is 1. The molecule has 0 aromatic heterocycles. The van der Waals surface area contributed by atoms with Crippen LogP contribution in [0.3, 0.4) is 0 Å². The van der Waals surface area contributed by atoms with Crippen molar-refractivity contribution in [3.63, 3.8) is 0 Å². The predicted octanol–water partition coefficient (Wildman–Crippen LogP) is 3.45.